The molecule has 218 valence electrons. The van der Waals surface area contributed by atoms with E-state index in [9.17, 15) is 9.59 Å². The lowest BCUT2D eigenvalue weighted by Crippen LogP contribution is -2.30. The van der Waals surface area contributed by atoms with Gasteiger partial charge in [-0.3, -0.25) is 19.6 Å². The summed E-state index contributed by atoms with van der Waals surface area (Å²) in [7, 11) is 1.89. The van der Waals surface area contributed by atoms with Crippen LogP contribution < -0.4 is 20.9 Å². The number of Topliss-reactive ketones (excluding diaryl/α,β-unsaturated/α-hetero) is 1. The van der Waals surface area contributed by atoms with E-state index < -0.39 is 0 Å². The van der Waals surface area contributed by atoms with Crippen LogP contribution in [-0.4, -0.2) is 54.9 Å². The largest absolute Gasteiger partial charge is 0.384 e. The molecule has 5 aromatic rings. The number of aromatic nitrogens is 2. The van der Waals surface area contributed by atoms with Crippen molar-refractivity contribution in [2.45, 2.75) is 12.8 Å². The lowest BCUT2D eigenvalue weighted by Gasteiger charge is -2.19. The number of carbonyl (C=O) groups excluding carboxylic acids is 2. The number of pyridine rings is 2. The predicted octanol–water partition coefficient (Wildman–Crippen LogP) is 5.74. The van der Waals surface area contributed by atoms with Gasteiger partial charge in [0.15, 0.2) is 5.78 Å². The van der Waals surface area contributed by atoms with Gasteiger partial charge in [0.1, 0.15) is 0 Å². The van der Waals surface area contributed by atoms with E-state index in [1.165, 1.54) is 0 Å². The number of rotatable bonds is 13. The van der Waals surface area contributed by atoms with Crippen LogP contribution in [0.15, 0.2) is 109 Å². The summed E-state index contributed by atoms with van der Waals surface area (Å²) in [5.41, 5.74) is 5.33. The highest BCUT2D eigenvalue weighted by molar-refractivity contribution is 5.99. The molecule has 8 nitrogen and oxygen atoms in total. The molecule has 0 unspecified atom stereocenters. The van der Waals surface area contributed by atoms with Crippen molar-refractivity contribution in [3.05, 3.63) is 126 Å². The predicted molar refractivity (Wildman–Crippen MR) is 174 cm³/mol. The molecule has 0 aliphatic rings. The Labute approximate surface area is 252 Å². The third-order valence-electron chi connectivity index (χ3n) is 7.29. The number of amides is 1. The standard InChI is InChI=1S/C35H36N6O2/c1-25(42)26-9-10-28-22-31(16-11-27(28)21-26)41(2)24-35(43)40-30-14-12-29(13-15-30)37-20-19-36-23-32(33-7-3-5-17-38-33)34-8-4-6-18-39-34/h3-18,21-22,32,36-37H,19-20,23-24H2,1-2H3,(H,40,43). The van der Waals surface area contributed by atoms with Gasteiger partial charge in [-0.2, -0.15) is 0 Å². The Hall–Kier alpha value is -5.08. The van der Waals surface area contributed by atoms with E-state index in [4.69, 9.17) is 0 Å². The Morgan fingerprint density at radius 2 is 1.42 bits per heavy atom. The van der Waals surface area contributed by atoms with Crippen molar-refractivity contribution in [3.63, 3.8) is 0 Å². The molecule has 5 rings (SSSR count). The first-order valence-electron chi connectivity index (χ1n) is 14.4. The number of carbonyl (C=O) groups is 2. The Morgan fingerprint density at radius 3 is 2.07 bits per heavy atom. The molecule has 0 aliphatic heterocycles. The zero-order valence-corrected chi connectivity index (χ0v) is 24.5. The molecule has 0 fully saturated rings. The molecule has 1 amide bonds. The smallest absolute Gasteiger partial charge is 0.243 e. The fraction of sp³-hybridized carbons (Fsp3) is 0.200. The minimum absolute atomic E-state index is 0.0447. The summed E-state index contributed by atoms with van der Waals surface area (Å²) in [6.07, 6.45) is 3.63. The summed E-state index contributed by atoms with van der Waals surface area (Å²) in [5, 5.41) is 11.9. The van der Waals surface area contributed by atoms with Crippen LogP contribution in [0.3, 0.4) is 0 Å². The third-order valence-corrected chi connectivity index (χ3v) is 7.29. The van der Waals surface area contributed by atoms with Crippen molar-refractivity contribution in [2.24, 2.45) is 0 Å². The number of anilines is 3. The van der Waals surface area contributed by atoms with Crippen molar-refractivity contribution in [2.75, 3.05) is 48.8 Å². The van der Waals surface area contributed by atoms with E-state index in [-0.39, 0.29) is 24.2 Å². The van der Waals surface area contributed by atoms with Crippen molar-refractivity contribution in [3.8, 4) is 0 Å². The molecule has 0 saturated carbocycles. The van der Waals surface area contributed by atoms with Crippen molar-refractivity contribution in [1.82, 2.24) is 15.3 Å². The molecular weight excluding hydrogens is 536 g/mol. The SMILES string of the molecule is CC(=O)c1ccc2cc(N(C)CC(=O)Nc3ccc(NCCNCC(c4ccccn4)c4ccccn4)cc3)ccc2c1. The van der Waals surface area contributed by atoms with Crippen LogP contribution in [0, 0.1) is 0 Å². The highest BCUT2D eigenvalue weighted by Gasteiger charge is 2.16. The lowest BCUT2D eigenvalue weighted by molar-refractivity contribution is -0.114. The van der Waals surface area contributed by atoms with Crippen molar-refractivity contribution >= 4 is 39.5 Å². The van der Waals surface area contributed by atoms with E-state index in [1.54, 1.807) is 6.92 Å². The van der Waals surface area contributed by atoms with E-state index in [1.807, 2.05) is 121 Å². The zero-order chi connectivity index (χ0) is 30.0. The van der Waals surface area contributed by atoms with E-state index in [0.29, 0.717) is 5.56 Å². The molecule has 2 heterocycles. The molecule has 0 atom stereocenters. The van der Waals surface area contributed by atoms with Gasteiger partial charge in [0.05, 0.1) is 23.9 Å². The Bertz CT molecular complexity index is 1620. The van der Waals surface area contributed by atoms with Crippen LogP contribution in [0.5, 0.6) is 0 Å². The maximum Gasteiger partial charge on any atom is 0.243 e. The highest BCUT2D eigenvalue weighted by atomic mass is 16.2. The number of likely N-dealkylation sites (N-methyl/N-ethyl adjacent to an activating group) is 1. The van der Waals surface area contributed by atoms with Gasteiger partial charge >= 0.3 is 0 Å². The van der Waals surface area contributed by atoms with Gasteiger partial charge in [-0.25, -0.2) is 0 Å². The Balaban J connectivity index is 1.07. The minimum atomic E-state index is -0.102. The summed E-state index contributed by atoms with van der Waals surface area (Å²) in [6, 6.07) is 31.3. The first kappa shape index (κ1) is 29.4. The monoisotopic (exact) mass is 572 g/mol. The first-order chi connectivity index (χ1) is 21.0. The average Bonchev–Trinajstić information content (AvgIpc) is 3.03. The quantitative estimate of drug-likeness (QED) is 0.122. The Morgan fingerprint density at radius 1 is 0.767 bits per heavy atom. The van der Waals surface area contributed by atoms with Crippen LogP contribution in [-0.2, 0) is 4.79 Å². The average molecular weight is 573 g/mol. The number of ketones is 1. The second-order valence-electron chi connectivity index (χ2n) is 10.5. The van der Waals surface area contributed by atoms with Crippen LogP contribution >= 0.6 is 0 Å². The van der Waals surface area contributed by atoms with Gasteiger partial charge in [-0.15, -0.1) is 0 Å². The number of benzene rings is 3. The molecule has 0 saturated heterocycles. The van der Waals surface area contributed by atoms with E-state index >= 15 is 0 Å². The second kappa shape index (κ2) is 14.2. The van der Waals surface area contributed by atoms with Crippen LogP contribution in [0.25, 0.3) is 10.8 Å². The number of fused-ring (bicyclic) bond motifs is 1. The number of nitrogens with one attached hydrogen (secondary N) is 3. The zero-order valence-electron chi connectivity index (χ0n) is 24.5. The molecule has 43 heavy (non-hydrogen) atoms. The summed E-state index contributed by atoms with van der Waals surface area (Å²) in [4.78, 5) is 35.4. The highest BCUT2D eigenvalue weighted by Crippen LogP contribution is 2.23. The maximum atomic E-state index is 12.7. The molecule has 2 aromatic heterocycles. The molecular formula is C35H36N6O2. The van der Waals surface area contributed by atoms with Crippen LogP contribution in [0.1, 0.15) is 34.6 Å². The van der Waals surface area contributed by atoms with Gasteiger partial charge < -0.3 is 20.9 Å². The van der Waals surface area contributed by atoms with Gasteiger partial charge in [-0.05, 0) is 84.4 Å². The summed E-state index contributed by atoms with van der Waals surface area (Å²) >= 11 is 0. The summed E-state index contributed by atoms with van der Waals surface area (Å²) in [5.74, 6) is 0.0181. The number of nitrogens with zero attached hydrogens (tertiary/aromatic N) is 3. The molecule has 0 bridgehead atoms. The van der Waals surface area contributed by atoms with Crippen LogP contribution in [0.4, 0.5) is 17.1 Å². The molecule has 8 heteroatoms. The lowest BCUT2D eigenvalue weighted by atomic mass is 10.00. The first-order valence-corrected chi connectivity index (χ1v) is 14.4. The molecule has 0 aliphatic carbocycles. The topological polar surface area (TPSA) is 99.2 Å². The van der Waals surface area contributed by atoms with Crippen LogP contribution in [0.2, 0.25) is 0 Å². The number of hydrogen-bond donors (Lipinski definition) is 3. The maximum absolute atomic E-state index is 12.7. The Kier molecular flexibility index (Phi) is 9.71. The van der Waals surface area contributed by atoms with Gasteiger partial charge in [0.2, 0.25) is 5.91 Å². The fourth-order valence-corrected chi connectivity index (χ4v) is 4.93. The molecule has 0 spiro atoms. The van der Waals surface area contributed by atoms with Gasteiger partial charge in [0.25, 0.3) is 0 Å². The van der Waals surface area contributed by atoms with Crippen molar-refractivity contribution in [1.29, 1.82) is 0 Å². The normalized spacial score (nSPS) is 11.0. The molecule has 0 radical (unpaired) electrons. The summed E-state index contributed by atoms with van der Waals surface area (Å²) < 4.78 is 0. The van der Waals surface area contributed by atoms with Gasteiger partial charge in [0, 0.05) is 61.7 Å². The minimum Gasteiger partial charge on any atom is -0.384 e. The second-order valence-corrected chi connectivity index (χ2v) is 10.5. The fourth-order valence-electron chi connectivity index (χ4n) is 4.93. The third kappa shape index (κ3) is 8.02. The van der Waals surface area contributed by atoms with Gasteiger partial charge in [-0.1, -0.05) is 30.3 Å². The van der Waals surface area contributed by atoms with E-state index in [0.717, 1.165) is 58.9 Å². The molecule has 3 aromatic carbocycles. The molecule has 3 N–H and O–H groups in total. The number of hydrogen-bond acceptors (Lipinski definition) is 7. The van der Waals surface area contributed by atoms with Crippen molar-refractivity contribution < 1.29 is 9.59 Å². The summed E-state index contributed by atoms with van der Waals surface area (Å²) in [6.45, 7) is 4.02. The van der Waals surface area contributed by atoms with E-state index in [2.05, 4.69) is 25.9 Å².